The van der Waals surface area contributed by atoms with Crippen molar-refractivity contribution in [2.75, 3.05) is 0 Å². The van der Waals surface area contributed by atoms with Crippen LogP contribution < -0.4 is 0 Å². The monoisotopic (exact) mass is 810 g/mol. The molecular weight excluding hydrogens is 755 g/mol. The summed E-state index contributed by atoms with van der Waals surface area (Å²) in [6.45, 7) is 7.61. The Morgan fingerprint density at radius 2 is 1.32 bits per heavy atom. The van der Waals surface area contributed by atoms with Crippen molar-refractivity contribution < 1.29 is 30.0 Å². The van der Waals surface area contributed by atoms with Gasteiger partial charge in [0.15, 0.2) is 0 Å². The standard InChI is InChI=1S/C38H46N.C5H8O2.Ir/c1-3-5-7-9-11-17-25-38(26-18-12-10-8-6-4-2)35-22-16-15-21-33(35)34-24-23-31(27-36(34)38)37-28-30-19-13-14-20-32(30)29-39-37;1-4(6)3-5(2)7;/h13-16,19-22,24,27-29H,3-12,17-18,25-26H2,1-2H3;3,6H,1-2H3;/q-1;;/p+1/b;4-3-;. The van der Waals surface area contributed by atoms with Crippen molar-refractivity contribution in [2.45, 2.75) is 123 Å². The second-order valence-electron chi connectivity index (χ2n) is 13.2. The first kappa shape index (κ1) is 38.4. The van der Waals surface area contributed by atoms with E-state index in [-0.39, 0.29) is 37.1 Å². The summed E-state index contributed by atoms with van der Waals surface area (Å²) < 4.78 is 0. The van der Waals surface area contributed by atoms with E-state index in [9.17, 15) is 0 Å². The molecule has 0 spiro atoms. The van der Waals surface area contributed by atoms with Gasteiger partial charge in [-0.05, 0) is 41.8 Å². The van der Waals surface area contributed by atoms with E-state index in [1.54, 1.807) is 5.56 Å². The zero-order valence-electron chi connectivity index (χ0n) is 29.1. The van der Waals surface area contributed by atoms with Gasteiger partial charge in [0.25, 0.3) is 0 Å². The molecule has 0 fully saturated rings. The third-order valence-electron chi connectivity index (χ3n) is 9.44. The van der Waals surface area contributed by atoms with Gasteiger partial charge in [0.1, 0.15) is 0 Å². The van der Waals surface area contributed by atoms with Crippen LogP contribution in [-0.4, -0.2) is 20.7 Å². The molecule has 5 rings (SSSR count). The number of allylic oxidation sites excluding steroid dienone is 2. The molecule has 0 saturated carbocycles. The molecule has 47 heavy (non-hydrogen) atoms. The van der Waals surface area contributed by atoms with Crippen LogP contribution in [-0.2, 0) is 25.5 Å². The van der Waals surface area contributed by atoms with Crippen LogP contribution in [0.15, 0.2) is 84.8 Å². The number of pyridine rings is 1. The van der Waals surface area contributed by atoms with Crippen molar-refractivity contribution in [1.82, 2.24) is 4.98 Å². The molecule has 1 aliphatic carbocycles. The molecular formula is C43H55IrNO2. The second kappa shape index (κ2) is 19.7. The largest absolute Gasteiger partial charge is 0.512 e. The number of rotatable bonds is 16. The van der Waals surface area contributed by atoms with Gasteiger partial charge in [0.2, 0.25) is 0 Å². The van der Waals surface area contributed by atoms with E-state index in [2.05, 4.69) is 86.6 Å². The summed E-state index contributed by atoms with van der Waals surface area (Å²) in [5.41, 5.74) is 8.16. The Hall–Kier alpha value is -3.07. The van der Waals surface area contributed by atoms with Crippen molar-refractivity contribution >= 4 is 16.6 Å². The molecule has 1 aromatic heterocycles. The van der Waals surface area contributed by atoms with Crippen LogP contribution >= 0.6 is 0 Å². The Morgan fingerprint density at radius 3 is 1.91 bits per heavy atom. The van der Waals surface area contributed by atoms with Gasteiger partial charge in [-0.15, -0.1) is 29.3 Å². The molecule has 0 bridgehead atoms. The van der Waals surface area contributed by atoms with Crippen molar-refractivity contribution in [3.63, 3.8) is 0 Å². The number of aliphatic hydroxyl groups is 1. The Kier molecular flexibility index (Phi) is 16.1. The summed E-state index contributed by atoms with van der Waals surface area (Å²) in [7, 11) is 0. The number of benzene rings is 3. The Labute approximate surface area is 297 Å². The Morgan fingerprint density at radius 1 is 0.745 bits per heavy atom. The molecule has 3 aromatic carbocycles. The van der Waals surface area contributed by atoms with Crippen molar-refractivity contribution in [3.8, 4) is 22.4 Å². The third-order valence-corrected chi connectivity index (χ3v) is 9.44. The molecule has 0 aliphatic heterocycles. The average Bonchev–Trinajstić information content (AvgIpc) is 3.33. The van der Waals surface area contributed by atoms with Crippen LogP contribution in [0.5, 0.6) is 0 Å². The number of nitrogens with zero attached hydrogens (tertiary/aromatic N) is 1. The van der Waals surface area contributed by atoms with Gasteiger partial charge in [-0.1, -0.05) is 157 Å². The molecule has 1 aliphatic rings. The molecule has 4 heteroatoms. The van der Waals surface area contributed by atoms with Gasteiger partial charge in [0, 0.05) is 31.7 Å². The number of aromatic nitrogens is 1. The zero-order valence-corrected chi connectivity index (χ0v) is 31.5. The van der Waals surface area contributed by atoms with Gasteiger partial charge in [-0.25, -0.2) is 0 Å². The number of hydrogen-bond acceptors (Lipinski definition) is 2. The maximum absolute atomic E-state index is 8.40. The van der Waals surface area contributed by atoms with E-state index >= 15 is 0 Å². The number of hydrogen-bond donors (Lipinski definition) is 1. The smallest absolute Gasteiger partial charge is 0.316 e. The van der Waals surface area contributed by atoms with Crippen molar-refractivity contribution in [1.29, 1.82) is 0 Å². The normalized spacial score (nSPS) is 12.9. The summed E-state index contributed by atoms with van der Waals surface area (Å²) in [6, 6.07) is 28.4. The quantitative estimate of drug-likeness (QED) is 0.0403. The van der Waals surface area contributed by atoms with E-state index in [4.69, 9.17) is 14.9 Å². The Bertz CT molecular complexity index is 1570. The first-order valence-corrected chi connectivity index (χ1v) is 17.8. The van der Waals surface area contributed by atoms with Gasteiger partial charge >= 0.3 is 5.78 Å². The number of fused-ring (bicyclic) bond motifs is 4. The summed E-state index contributed by atoms with van der Waals surface area (Å²) in [5, 5.41) is 10.8. The number of aliphatic hydroxyl groups excluding tert-OH is 1. The second-order valence-corrected chi connectivity index (χ2v) is 13.2. The van der Waals surface area contributed by atoms with Crippen molar-refractivity contribution in [3.05, 3.63) is 102 Å². The molecule has 3 nitrogen and oxygen atoms in total. The molecule has 0 atom stereocenters. The van der Waals surface area contributed by atoms with Crippen LogP contribution in [0.1, 0.15) is 129 Å². The fraction of sp³-hybridized carbons (Fsp3) is 0.442. The molecule has 1 heterocycles. The maximum Gasteiger partial charge on any atom is 0.316 e. The summed E-state index contributed by atoms with van der Waals surface area (Å²) in [6.07, 6.45) is 21.9. The zero-order chi connectivity index (χ0) is 32.8. The minimum absolute atomic E-state index is 0. The van der Waals surface area contributed by atoms with Crippen LogP contribution in [0.25, 0.3) is 33.2 Å². The topological polar surface area (TPSA) is 54.5 Å². The third kappa shape index (κ3) is 10.5. The minimum atomic E-state index is 0. The van der Waals surface area contributed by atoms with Crippen LogP contribution in [0.3, 0.4) is 0 Å². The predicted octanol–water partition coefficient (Wildman–Crippen LogP) is 12.5. The first-order chi connectivity index (χ1) is 22.4. The van der Waals surface area contributed by atoms with Gasteiger partial charge in [-0.3, -0.25) is 4.79 Å². The fourth-order valence-electron chi connectivity index (χ4n) is 7.15. The van der Waals surface area contributed by atoms with Crippen LogP contribution in [0, 0.1) is 6.07 Å². The van der Waals surface area contributed by atoms with E-state index < -0.39 is 0 Å². The first-order valence-electron chi connectivity index (χ1n) is 17.8. The molecule has 4 aromatic rings. The van der Waals surface area contributed by atoms with E-state index in [0.29, 0.717) is 0 Å². The number of ketones is 1. The number of unbranched alkanes of at least 4 members (excludes halogenated alkanes) is 10. The Balaban J connectivity index is 0.000000677. The molecule has 0 saturated heterocycles. The average molecular weight is 810 g/mol. The molecule has 0 unspecified atom stereocenters. The molecule has 253 valence electrons. The van der Waals surface area contributed by atoms with Gasteiger partial charge in [-0.2, -0.15) is 0 Å². The van der Waals surface area contributed by atoms with Crippen LogP contribution in [0.4, 0.5) is 0 Å². The molecule has 0 amide bonds. The van der Waals surface area contributed by atoms with E-state index in [1.807, 2.05) is 6.20 Å². The summed E-state index contributed by atoms with van der Waals surface area (Å²) in [4.78, 5) is 13.3. The van der Waals surface area contributed by atoms with E-state index in [0.717, 1.165) is 11.3 Å². The van der Waals surface area contributed by atoms with E-state index in [1.165, 1.54) is 137 Å². The fourth-order valence-corrected chi connectivity index (χ4v) is 7.15. The van der Waals surface area contributed by atoms with Crippen molar-refractivity contribution in [2.24, 2.45) is 0 Å². The molecule has 1 radical (unpaired) electrons. The van der Waals surface area contributed by atoms with Gasteiger partial charge in [0.05, 0.1) is 18.8 Å². The summed E-state index contributed by atoms with van der Waals surface area (Å²) >= 11 is 0. The predicted molar refractivity (Wildman–Crippen MR) is 197 cm³/mol. The maximum atomic E-state index is 8.40. The molecule has 2 N–H and O–H groups in total. The number of carbonyl (C=O) groups excluding carboxylic acids is 1. The SMILES string of the molecule is CC(=[OH+])/C=C(/C)O.CCCCCCCCC1(CCCCCCCC)c2ccccc2-c2c[c-]c(-c3cc4ccccc4cn3)cc21.[Ir]. The van der Waals surface area contributed by atoms with Gasteiger partial charge < -0.3 is 10.1 Å². The summed E-state index contributed by atoms with van der Waals surface area (Å²) in [5.74, 6) is 0.250. The minimum Gasteiger partial charge on any atom is -0.512 e. The van der Waals surface area contributed by atoms with Crippen LogP contribution in [0.2, 0.25) is 0 Å².